The predicted molar refractivity (Wildman–Crippen MR) is 62.9 cm³/mol. The monoisotopic (exact) mass is 234 g/mol. The van der Waals surface area contributed by atoms with Crippen LogP contribution in [-0.2, 0) is 0 Å². The second kappa shape index (κ2) is 7.17. The third-order valence-corrected chi connectivity index (χ3v) is 3.47. The van der Waals surface area contributed by atoms with Gasteiger partial charge in [-0.25, -0.2) is 8.78 Å². The Balaban J connectivity index is 2.19. The smallest absolute Gasteiger partial charge is 0.250 e. The Kier molecular flexibility index (Phi) is 6.21. The standard InChI is InChI=1S/C12H24F2N2/c1-3-6-16-7-4-11(5-8-16)10(2)15-9-12(13)14/h10-12,15H,3-9H2,1-2H3. The van der Waals surface area contributed by atoms with E-state index in [1.54, 1.807) is 0 Å². The molecule has 96 valence electrons. The molecule has 0 aromatic heterocycles. The van der Waals surface area contributed by atoms with Crippen LogP contribution in [-0.4, -0.2) is 43.5 Å². The van der Waals surface area contributed by atoms with Gasteiger partial charge in [0, 0.05) is 6.04 Å². The Morgan fingerprint density at radius 3 is 2.44 bits per heavy atom. The van der Waals surface area contributed by atoms with Gasteiger partial charge in [-0.2, -0.15) is 0 Å². The van der Waals surface area contributed by atoms with E-state index in [9.17, 15) is 8.78 Å². The van der Waals surface area contributed by atoms with Gasteiger partial charge in [0.05, 0.1) is 6.54 Å². The molecule has 4 heteroatoms. The topological polar surface area (TPSA) is 15.3 Å². The molecule has 1 saturated heterocycles. The van der Waals surface area contributed by atoms with E-state index in [-0.39, 0.29) is 12.6 Å². The number of hydrogen-bond acceptors (Lipinski definition) is 2. The van der Waals surface area contributed by atoms with Crippen LogP contribution in [0.5, 0.6) is 0 Å². The summed E-state index contributed by atoms with van der Waals surface area (Å²) < 4.78 is 24.1. The van der Waals surface area contributed by atoms with Crippen LogP contribution in [0.1, 0.15) is 33.1 Å². The molecule has 1 N–H and O–H groups in total. The van der Waals surface area contributed by atoms with Gasteiger partial charge in [-0.15, -0.1) is 0 Å². The van der Waals surface area contributed by atoms with Crippen molar-refractivity contribution in [3.63, 3.8) is 0 Å². The first-order chi connectivity index (χ1) is 7.63. The van der Waals surface area contributed by atoms with Crippen LogP contribution in [0.25, 0.3) is 0 Å². The van der Waals surface area contributed by atoms with E-state index in [2.05, 4.69) is 17.1 Å². The van der Waals surface area contributed by atoms with Crippen LogP contribution in [0.4, 0.5) is 8.78 Å². The van der Waals surface area contributed by atoms with Crippen molar-refractivity contribution in [2.75, 3.05) is 26.2 Å². The fraction of sp³-hybridized carbons (Fsp3) is 1.00. The number of halogens is 2. The molecule has 0 aromatic carbocycles. The summed E-state index contributed by atoms with van der Waals surface area (Å²) >= 11 is 0. The van der Waals surface area contributed by atoms with Crippen LogP contribution in [0.2, 0.25) is 0 Å². The summed E-state index contributed by atoms with van der Waals surface area (Å²) in [6.45, 7) is 7.47. The normalized spacial score (nSPS) is 21.6. The zero-order chi connectivity index (χ0) is 12.0. The number of likely N-dealkylation sites (tertiary alicyclic amines) is 1. The molecule has 0 aromatic rings. The van der Waals surface area contributed by atoms with E-state index in [0.717, 1.165) is 25.9 Å². The highest BCUT2D eigenvalue weighted by molar-refractivity contribution is 4.79. The molecule has 1 unspecified atom stereocenters. The Morgan fingerprint density at radius 2 is 1.94 bits per heavy atom. The highest BCUT2D eigenvalue weighted by atomic mass is 19.3. The van der Waals surface area contributed by atoms with E-state index in [4.69, 9.17) is 0 Å². The van der Waals surface area contributed by atoms with Gasteiger partial charge in [-0.05, 0) is 51.7 Å². The zero-order valence-electron chi connectivity index (χ0n) is 10.4. The average Bonchev–Trinajstić information content (AvgIpc) is 2.27. The number of piperidine rings is 1. The van der Waals surface area contributed by atoms with Crippen molar-refractivity contribution in [3.05, 3.63) is 0 Å². The first-order valence-electron chi connectivity index (χ1n) is 6.37. The SMILES string of the molecule is CCCN1CCC(C(C)NCC(F)F)CC1. The Hall–Kier alpha value is -0.220. The van der Waals surface area contributed by atoms with Crippen molar-refractivity contribution >= 4 is 0 Å². The third-order valence-electron chi connectivity index (χ3n) is 3.47. The maximum Gasteiger partial charge on any atom is 0.250 e. The van der Waals surface area contributed by atoms with Crippen molar-refractivity contribution in [2.45, 2.75) is 45.6 Å². The first-order valence-corrected chi connectivity index (χ1v) is 6.37. The molecule has 0 radical (unpaired) electrons. The molecular weight excluding hydrogens is 210 g/mol. The highest BCUT2D eigenvalue weighted by Gasteiger charge is 2.23. The van der Waals surface area contributed by atoms with Crippen LogP contribution in [0, 0.1) is 5.92 Å². The Labute approximate surface area is 97.4 Å². The van der Waals surface area contributed by atoms with Crippen molar-refractivity contribution in [1.29, 1.82) is 0 Å². The van der Waals surface area contributed by atoms with E-state index in [1.807, 2.05) is 6.92 Å². The summed E-state index contributed by atoms with van der Waals surface area (Å²) in [7, 11) is 0. The van der Waals surface area contributed by atoms with Crippen LogP contribution < -0.4 is 5.32 Å². The molecule has 2 nitrogen and oxygen atoms in total. The fourth-order valence-electron chi connectivity index (χ4n) is 2.43. The zero-order valence-corrected chi connectivity index (χ0v) is 10.4. The van der Waals surface area contributed by atoms with Gasteiger partial charge in [-0.1, -0.05) is 6.92 Å². The minimum atomic E-state index is -2.23. The highest BCUT2D eigenvalue weighted by Crippen LogP contribution is 2.20. The summed E-state index contributed by atoms with van der Waals surface area (Å²) in [5.74, 6) is 0.562. The van der Waals surface area contributed by atoms with Gasteiger partial charge in [0.15, 0.2) is 0 Å². The molecule has 0 bridgehead atoms. The quantitative estimate of drug-likeness (QED) is 0.759. The van der Waals surface area contributed by atoms with Gasteiger partial charge >= 0.3 is 0 Å². The lowest BCUT2D eigenvalue weighted by Gasteiger charge is -2.35. The molecule has 1 heterocycles. The molecule has 16 heavy (non-hydrogen) atoms. The number of nitrogens with zero attached hydrogens (tertiary/aromatic N) is 1. The number of hydrogen-bond donors (Lipinski definition) is 1. The molecule has 1 rings (SSSR count). The van der Waals surface area contributed by atoms with Gasteiger partial charge in [0.2, 0.25) is 0 Å². The molecular formula is C12H24F2N2. The lowest BCUT2D eigenvalue weighted by atomic mass is 9.90. The van der Waals surface area contributed by atoms with E-state index in [0.29, 0.717) is 5.92 Å². The lowest BCUT2D eigenvalue weighted by Crippen LogP contribution is -2.43. The second-order valence-corrected chi connectivity index (χ2v) is 4.77. The van der Waals surface area contributed by atoms with Gasteiger partial charge in [-0.3, -0.25) is 0 Å². The minimum Gasteiger partial charge on any atom is -0.309 e. The van der Waals surface area contributed by atoms with Gasteiger partial charge < -0.3 is 10.2 Å². The summed E-state index contributed by atoms with van der Waals surface area (Å²) in [4.78, 5) is 2.47. The molecule has 1 atom stereocenters. The van der Waals surface area contributed by atoms with Crippen molar-refractivity contribution in [1.82, 2.24) is 10.2 Å². The number of alkyl halides is 2. The van der Waals surface area contributed by atoms with E-state index in [1.165, 1.54) is 13.0 Å². The molecule has 0 spiro atoms. The minimum absolute atomic E-state index is 0.170. The maximum atomic E-state index is 12.1. The largest absolute Gasteiger partial charge is 0.309 e. The first kappa shape index (κ1) is 13.8. The average molecular weight is 234 g/mol. The third kappa shape index (κ3) is 4.74. The molecule has 0 aliphatic carbocycles. The lowest BCUT2D eigenvalue weighted by molar-refractivity contribution is 0.124. The second-order valence-electron chi connectivity index (χ2n) is 4.77. The fourth-order valence-corrected chi connectivity index (χ4v) is 2.43. The van der Waals surface area contributed by atoms with E-state index < -0.39 is 6.43 Å². The Morgan fingerprint density at radius 1 is 1.31 bits per heavy atom. The van der Waals surface area contributed by atoms with E-state index >= 15 is 0 Å². The van der Waals surface area contributed by atoms with Crippen LogP contribution in [0.3, 0.4) is 0 Å². The van der Waals surface area contributed by atoms with Gasteiger partial charge in [0.1, 0.15) is 0 Å². The summed E-state index contributed by atoms with van der Waals surface area (Å²) in [6, 6.07) is 0.220. The molecule has 1 fully saturated rings. The number of nitrogens with one attached hydrogen (secondary N) is 1. The summed E-state index contributed by atoms with van der Waals surface area (Å²) in [5, 5.41) is 2.93. The van der Waals surface area contributed by atoms with Crippen molar-refractivity contribution < 1.29 is 8.78 Å². The summed E-state index contributed by atoms with van der Waals surface area (Å²) in [5.41, 5.74) is 0. The van der Waals surface area contributed by atoms with Gasteiger partial charge in [0.25, 0.3) is 6.43 Å². The Bertz CT molecular complexity index is 180. The van der Waals surface area contributed by atoms with Crippen LogP contribution >= 0.6 is 0 Å². The molecule has 1 aliphatic heterocycles. The maximum absolute atomic E-state index is 12.1. The summed E-state index contributed by atoms with van der Waals surface area (Å²) in [6.07, 6.45) is 1.24. The predicted octanol–water partition coefficient (Wildman–Crippen LogP) is 2.35. The molecule has 1 aliphatic rings. The molecule has 0 amide bonds. The molecule has 0 saturated carbocycles. The number of rotatable bonds is 6. The van der Waals surface area contributed by atoms with Crippen LogP contribution in [0.15, 0.2) is 0 Å². The van der Waals surface area contributed by atoms with Crippen molar-refractivity contribution in [2.24, 2.45) is 5.92 Å². The van der Waals surface area contributed by atoms with Crippen molar-refractivity contribution in [3.8, 4) is 0 Å².